The highest BCUT2D eigenvalue weighted by atomic mass is 35.5. The van der Waals surface area contributed by atoms with Gasteiger partial charge in [0.15, 0.2) is 0 Å². The molecule has 0 amide bonds. The number of nitrogens with one attached hydrogen (secondary N) is 1. The third kappa shape index (κ3) is 3.18. The fraction of sp³-hybridized carbons (Fsp3) is 0.200. The van der Waals surface area contributed by atoms with Gasteiger partial charge >= 0.3 is 0 Å². The lowest BCUT2D eigenvalue weighted by Crippen LogP contribution is -2.11. The Hall–Kier alpha value is -1.74. The first-order valence-corrected chi connectivity index (χ1v) is 6.49. The van der Waals surface area contributed by atoms with Crippen molar-refractivity contribution in [3.8, 4) is 5.75 Å². The van der Waals surface area contributed by atoms with E-state index in [9.17, 15) is 9.50 Å². The Morgan fingerprint density at radius 2 is 1.89 bits per heavy atom. The zero-order valence-corrected chi connectivity index (χ0v) is 11.3. The maximum absolute atomic E-state index is 13.7. The molecular weight excluding hydrogens is 265 g/mol. The van der Waals surface area contributed by atoms with Crippen molar-refractivity contribution in [2.75, 3.05) is 5.32 Å². The van der Waals surface area contributed by atoms with Gasteiger partial charge in [-0.2, -0.15) is 0 Å². The summed E-state index contributed by atoms with van der Waals surface area (Å²) < 4.78 is 13.7. The van der Waals surface area contributed by atoms with Crippen molar-refractivity contribution in [3.05, 3.63) is 58.9 Å². The van der Waals surface area contributed by atoms with E-state index in [1.807, 2.05) is 19.1 Å². The molecule has 1 unspecified atom stereocenters. The molecule has 4 heteroatoms. The third-order valence-electron chi connectivity index (χ3n) is 2.99. The van der Waals surface area contributed by atoms with E-state index in [1.54, 1.807) is 24.3 Å². The van der Waals surface area contributed by atoms with Crippen LogP contribution in [0.2, 0.25) is 5.02 Å². The minimum Gasteiger partial charge on any atom is -0.508 e. The predicted octanol–water partition coefficient (Wildman–Crippen LogP) is 4.75. The van der Waals surface area contributed by atoms with Gasteiger partial charge in [0.25, 0.3) is 0 Å². The van der Waals surface area contributed by atoms with Gasteiger partial charge in [0.05, 0.1) is 16.8 Å². The van der Waals surface area contributed by atoms with Crippen LogP contribution in [0.5, 0.6) is 5.75 Å². The van der Waals surface area contributed by atoms with Gasteiger partial charge < -0.3 is 10.4 Å². The lowest BCUT2D eigenvalue weighted by Gasteiger charge is -2.20. The topological polar surface area (TPSA) is 32.3 Å². The number of halogens is 2. The van der Waals surface area contributed by atoms with E-state index in [-0.39, 0.29) is 17.6 Å². The zero-order valence-electron chi connectivity index (χ0n) is 10.5. The lowest BCUT2D eigenvalue weighted by atomic mass is 10.0. The van der Waals surface area contributed by atoms with Crippen molar-refractivity contribution in [2.24, 2.45) is 0 Å². The molecule has 0 saturated heterocycles. The van der Waals surface area contributed by atoms with Crippen LogP contribution in [0.4, 0.5) is 10.1 Å². The van der Waals surface area contributed by atoms with Crippen LogP contribution < -0.4 is 5.32 Å². The molecule has 2 aromatic carbocycles. The first-order valence-electron chi connectivity index (χ1n) is 6.11. The molecular formula is C15H15ClFNO. The fourth-order valence-corrected chi connectivity index (χ4v) is 2.16. The number of anilines is 1. The number of benzene rings is 2. The number of aromatic hydroxyl groups is 1. The molecule has 0 aliphatic rings. The summed E-state index contributed by atoms with van der Waals surface area (Å²) in [6.07, 6.45) is 0.773. The largest absolute Gasteiger partial charge is 0.508 e. The van der Waals surface area contributed by atoms with E-state index in [4.69, 9.17) is 11.6 Å². The molecule has 1 atom stereocenters. The summed E-state index contributed by atoms with van der Waals surface area (Å²) in [4.78, 5) is 0. The minimum absolute atomic E-state index is 0.0602. The Morgan fingerprint density at radius 1 is 1.21 bits per heavy atom. The zero-order chi connectivity index (χ0) is 13.8. The van der Waals surface area contributed by atoms with Gasteiger partial charge in [-0.25, -0.2) is 4.39 Å². The van der Waals surface area contributed by atoms with Crippen LogP contribution in [0.25, 0.3) is 0 Å². The van der Waals surface area contributed by atoms with E-state index in [0.29, 0.717) is 10.7 Å². The summed E-state index contributed by atoms with van der Waals surface area (Å²) in [7, 11) is 0. The molecule has 19 heavy (non-hydrogen) atoms. The third-order valence-corrected chi connectivity index (χ3v) is 3.30. The Labute approximate surface area is 116 Å². The molecule has 0 fully saturated rings. The van der Waals surface area contributed by atoms with Gasteiger partial charge in [0.1, 0.15) is 11.6 Å². The normalized spacial score (nSPS) is 12.2. The second kappa shape index (κ2) is 5.93. The average Bonchev–Trinajstić information content (AvgIpc) is 2.40. The second-order valence-corrected chi connectivity index (χ2v) is 4.70. The van der Waals surface area contributed by atoms with Gasteiger partial charge in [-0.1, -0.05) is 36.7 Å². The van der Waals surface area contributed by atoms with Crippen LogP contribution in [-0.4, -0.2) is 5.11 Å². The van der Waals surface area contributed by atoms with Gasteiger partial charge in [0, 0.05) is 0 Å². The molecule has 0 aromatic heterocycles. The molecule has 2 N–H and O–H groups in total. The Morgan fingerprint density at radius 3 is 2.47 bits per heavy atom. The molecule has 0 radical (unpaired) electrons. The maximum Gasteiger partial charge on any atom is 0.147 e. The number of para-hydroxylation sites is 1. The number of hydrogen-bond donors (Lipinski definition) is 2. The van der Waals surface area contributed by atoms with Crippen molar-refractivity contribution in [2.45, 2.75) is 19.4 Å². The monoisotopic (exact) mass is 279 g/mol. The minimum atomic E-state index is -0.371. The van der Waals surface area contributed by atoms with E-state index in [2.05, 4.69) is 5.32 Å². The summed E-state index contributed by atoms with van der Waals surface area (Å²) in [5, 5.41) is 12.8. The van der Waals surface area contributed by atoms with Crippen LogP contribution >= 0.6 is 11.6 Å². The molecule has 2 nitrogen and oxygen atoms in total. The number of phenolic OH excluding ortho intramolecular Hbond substituents is 1. The molecule has 0 heterocycles. The summed E-state index contributed by atoms with van der Waals surface area (Å²) in [6, 6.07) is 11.4. The first kappa shape index (κ1) is 13.7. The summed E-state index contributed by atoms with van der Waals surface area (Å²) in [6.45, 7) is 2.00. The van der Waals surface area contributed by atoms with Gasteiger partial charge in [-0.15, -0.1) is 0 Å². The van der Waals surface area contributed by atoms with E-state index < -0.39 is 0 Å². The average molecular weight is 280 g/mol. The smallest absolute Gasteiger partial charge is 0.147 e. The summed E-state index contributed by atoms with van der Waals surface area (Å²) >= 11 is 6.00. The van der Waals surface area contributed by atoms with E-state index in [1.165, 1.54) is 6.07 Å². The second-order valence-electron chi connectivity index (χ2n) is 4.29. The highest BCUT2D eigenvalue weighted by Gasteiger charge is 2.13. The lowest BCUT2D eigenvalue weighted by molar-refractivity contribution is 0.475. The first-order chi connectivity index (χ1) is 9.11. The van der Waals surface area contributed by atoms with Crippen LogP contribution in [0.3, 0.4) is 0 Å². The quantitative estimate of drug-likeness (QED) is 0.846. The standard InChI is InChI=1S/C15H15ClFNO/c1-2-14(10-6-8-11(19)9-7-10)18-15-12(16)4-3-5-13(15)17/h3-9,14,18-19H,2H2,1H3. The SMILES string of the molecule is CCC(Nc1c(F)cccc1Cl)c1ccc(O)cc1. The highest BCUT2D eigenvalue weighted by Crippen LogP contribution is 2.30. The van der Waals surface area contributed by atoms with Gasteiger partial charge in [0.2, 0.25) is 0 Å². The molecule has 0 aliphatic heterocycles. The van der Waals surface area contributed by atoms with Crippen LogP contribution in [0.1, 0.15) is 24.9 Å². The summed E-state index contributed by atoms with van der Waals surface area (Å²) in [5.41, 5.74) is 1.28. The molecule has 100 valence electrons. The Kier molecular flexibility index (Phi) is 4.27. The molecule has 0 bridgehead atoms. The molecule has 0 aliphatic carbocycles. The van der Waals surface area contributed by atoms with E-state index >= 15 is 0 Å². The number of phenols is 1. The van der Waals surface area contributed by atoms with Gasteiger partial charge in [-0.3, -0.25) is 0 Å². The van der Waals surface area contributed by atoms with Crippen molar-refractivity contribution in [3.63, 3.8) is 0 Å². The Bertz CT molecular complexity index is 536. The highest BCUT2D eigenvalue weighted by molar-refractivity contribution is 6.33. The molecule has 2 rings (SSSR count). The Balaban J connectivity index is 2.26. The van der Waals surface area contributed by atoms with Crippen molar-refractivity contribution in [1.29, 1.82) is 0 Å². The van der Waals surface area contributed by atoms with Gasteiger partial charge in [-0.05, 0) is 36.2 Å². The summed E-state index contributed by atoms with van der Waals surface area (Å²) in [5.74, 6) is -0.160. The number of hydrogen-bond acceptors (Lipinski definition) is 2. The predicted molar refractivity (Wildman–Crippen MR) is 76.2 cm³/mol. The molecule has 0 saturated carbocycles. The molecule has 0 spiro atoms. The van der Waals surface area contributed by atoms with Crippen LogP contribution in [-0.2, 0) is 0 Å². The van der Waals surface area contributed by atoms with Crippen molar-refractivity contribution >= 4 is 17.3 Å². The van der Waals surface area contributed by atoms with Crippen LogP contribution in [0.15, 0.2) is 42.5 Å². The van der Waals surface area contributed by atoms with Crippen molar-refractivity contribution < 1.29 is 9.50 Å². The number of rotatable bonds is 4. The molecule has 2 aromatic rings. The maximum atomic E-state index is 13.7. The van der Waals surface area contributed by atoms with E-state index in [0.717, 1.165) is 12.0 Å². The fourth-order valence-electron chi connectivity index (χ4n) is 1.94. The van der Waals surface area contributed by atoms with Crippen molar-refractivity contribution in [1.82, 2.24) is 0 Å². The van der Waals surface area contributed by atoms with Crippen LogP contribution in [0, 0.1) is 5.82 Å².